The van der Waals surface area contributed by atoms with Crippen LogP contribution in [-0.4, -0.2) is 114 Å². The fourth-order valence-corrected chi connectivity index (χ4v) is 9.87. The number of aliphatic hydroxyl groups is 4. The van der Waals surface area contributed by atoms with Gasteiger partial charge in [0.05, 0.1) is 25.9 Å². The van der Waals surface area contributed by atoms with E-state index >= 15 is 0 Å². The molecular weight excluding hydrogens is 808 g/mol. The zero-order valence-electron chi connectivity index (χ0n) is 25.8. The van der Waals surface area contributed by atoms with Gasteiger partial charge in [-0.3, -0.25) is 27.4 Å². The summed E-state index contributed by atoms with van der Waals surface area (Å²) in [4.78, 5) is 69.7. The lowest BCUT2D eigenvalue weighted by Crippen LogP contribution is -2.34. The SMILES string of the molecule is Nc1ncnc2c1ncn2C1OC(COP(=O)([O-])OP(=O)([O-])OP(=O)([O-])OP(=O)(O)OCC2OC(n3cnc4c(N)ncnc43)C(O)C2O)C(O)C1O. The Bertz CT molecular complexity index is 2040. The van der Waals surface area contributed by atoms with Gasteiger partial charge in [-0.25, -0.2) is 47.4 Å². The summed E-state index contributed by atoms with van der Waals surface area (Å²) in [7, 11) is -25.1. The van der Waals surface area contributed by atoms with Crippen molar-refractivity contribution in [2.75, 3.05) is 24.7 Å². The molecule has 9 N–H and O–H groups in total. The first-order valence-electron chi connectivity index (χ1n) is 14.3. The molecule has 33 heteroatoms. The third-order valence-corrected chi connectivity index (χ3v) is 13.2. The Labute approximate surface area is 293 Å². The molecule has 6 heterocycles. The fourth-order valence-electron chi connectivity index (χ4n) is 5.09. The number of aliphatic hydroxyl groups excluding tert-OH is 4. The molecule has 2 aliphatic rings. The second-order valence-corrected chi connectivity index (χ2v) is 17.0. The summed E-state index contributed by atoms with van der Waals surface area (Å²) in [6.45, 7) is -2.38. The van der Waals surface area contributed by atoms with Crippen LogP contribution < -0.4 is 26.1 Å². The predicted molar refractivity (Wildman–Crippen MR) is 159 cm³/mol. The van der Waals surface area contributed by atoms with Crippen LogP contribution in [0.4, 0.5) is 11.6 Å². The normalized spacial score (nSPS) is 30.9. The van der Waals surface area contributed by atoms with Crippen molar-refractivity contribution in [2.45, 2.75) is 49.1 Å². The van der Waals surface area contributed by atoms with Crippen LogP contribution in [0.15, 0.2) is 25.3 Å². The third kappa shape index (κ3) is 8.48. The van der Waals surface area contributed by atoms with Crippen LogP contribution in [-0.2, 0) is 49.7 Å². The number of hydrogen-bond donors (Lipinski definition) is 7. The van der Waals surface area contributed by atoms with Gasteiger partial charge in [0.2, 0.25) is 0 Å². The van der Waals surface area contributed by atoms with Gasteiger partial charge in [-0.15, -0.1) is 0 Å². The van der Waals surface area contributed by atoms with E-state index in [1.807, 2.05) is 0 Å². The van der Waals surface area contributed by atoms with Crippen LogP contribution >= 0.6 is 31.3 Å². The Kier molecular flexibility index (Phi) is 10.9. The number of hydrogen-bond acceptors (Lipinski definition) is 26. The molecule has 53 heavy (non-hydrogen) atoms. The van der Waals surface area contributed by atoms with E-state index in [2.05, 4.69) is 51.9 Å². The molecule has 0 radical (unpaired) electrons. The molecule has 4 aromatic heterocycles. The van der Waals surface area contributed by atoms with Gasteiger partial charge in [0.25, 0.3) is 23.5 Å². The standard InChI is InChI=1S/C20H28N10O19P4/c21-15-9-17(25-3-23-15)29(5-27-9)19-13(33)11(31)7(45-19)1-43-50(35,36)47-52(39,40)49-53(41,42)48-51(37,38)44-2-8-12(32)14(34)20(46-8)30-6-28-10-16(22)24-4-26-18(10)30/h3-8,11-14,19-20,31-34H,1-2H2,(H,35,36)(H,37,38)(H,39,40)(H,41,42)(H2,21,23,25)(H2,22,24,26)/p-3. The Hall–Kier alpha value is -2.98. The number of aromatic nitrogens is 8. The van der Waals surface area contributed by atoms with Gasteiger partial charge in [0.1, 0.15) is 60.3 Å². The van der Waals surface area contributed by atoms with Gasteiger partial charge in [0, 0.05) is 0 Å². The first kappa shape index (κ1) is 39.7. The van der Waals surface area contributed by atoms with Gasteiger partial charge in [0.15, 0.2) is 35.4 Å². The van der Waals surface area contributed by atoms with E-state index in [-0.39, 0.29) is 34.0 Å². The van der Waals surface area contributed by atoms with Crippen LogP contribution in [0, 0.1) is 0 Å². The van der Waals surface area contributed by atoms with Crippen LogP contribution in [0.25, 0.3) is 22.3 Å². The summed E-state index contributed by atoms with van der Waals surface area (Å²) in [5.41, 5.74) is 11.7. The van der Waals surface area contributed by atoms with Crippen molar-refractivity contribution < 1.29 is 89.7 Å². The molecule has 2 fully saturated rings. The average Bonchev–Trinajstić information content (AvgIpc) is 3.80. The molecule has 29 nitrogen and oxygen atoms in total. The zero-order valence-corrected chi connectivity index (χ0v) is 29.4. The van der Waals surface area contributed by atoms with E-state index in [4.69, 9.17) is 20.9 Å². The smallest absolute Gasteiger partial charge is 0.478 e. The number of nitrogen functional groups attached to an aromatic ring is 2. The molecule has 2 saturated heterocycles. The Morgan fingerprint density at radius 2 is 1.06 bits per heavy atom. The molecule has 0 spiro atoms. The number of nitrogens with zero attached hydrogens (tertiary/aromatic N) is 8. The number of rotatable bonds is 14. The fraction of sp³-hybridized carbons (Fsp3) is 0.500. The predicted octanol–water partition coefficient (Wildman–Crippen LogP) is -4.34. The van der Waals surface area contributed by atoms with Crippen LogP contribution in [0.3, 0.4) is 0 Å². The van der Waals surface area contributed by atoms with E-state index in [9.17, 15) is 58.3 Å². The average molecular weight is 833 g/mol. The van der Waals surface area contributed by atoms with Crippen molar-refractivity contribution in [3.63, 3.8) is 0 Å². The minimum atomic E-state index is -6.57. The first-order chi connectivity index (χ1) is 24.7. The van der Waals surface area contributed by atoms with Crippen LogP contribution in [0.2, 0.25) is 0 Å². The van der Waals surface area contributed by atoms with Crippen molar-refractivity contribution in [2.24, 2.45) is 0 Å². The molecule has 0 aromatic carbocycles. The van der Waals surface area contributed by atoms with Crippen LogP contribution in [0.5, 0.6) is 0 Å². The van der Waals surface area contributed by atoms with Crippen molar-refractivity contribution in [1.29, 1.82) is 0 Å². The van der Waals surface area contributed by atoms with E-state index in [1.165, 1.54) is 0 Å². The number of imidazole rings is 2. The number of nitrogens with two attached hydrogens (primary N) is 2. The minimum Gasteiger partial charge on any atom is -0.756 e. The first-order valence-corrected chi connectivity index (χ1v) is 20.1. The van der Waals surface area contributed by atoms with E-state index < -0.39 is 93.6 Å². The maximum atomic E-state index is 12.3. The quantitative estimate of drug-likeness (QED) is 0.0590. The van der Waals surface area contributed by atoms with Crippen LogP contribution in [0.1, 0.15) is 12.5 Å². The number of phosphoric ester groups is 2. The number of fused-ring (bicyclic) bond motifs is 2. The second kappa shape index (κ2) is 14.6. The Morgan fingerprint density at radius 3 is 1.53 bits per heavy atom. The summed E-state index contributed by atoms with van der Waals surface area (Å²) in [6.07, 6.45) is -8.99. The van der Waals surface area contributed by atoms with Gasteiger partial charge >= 0.3 is 7.82 Å². The summed E-state index contributed by atoms with van der Waals surface area (Å²) in [5.74, 6) is -0.0609. The van der Waals surface area contributed by atoms with Gasteiger partial charge in [-0.05, 0) is 0 Å². The molecule has 0 saturated carbocycles. The molecule has 2 aliphatic heterocycles. The monoisotopic (exact) mass is 833 g/mol. The molecule has 0 amide bonds. The number of anilines is 2. The van der Waals surface area contributed by atoms with Crippen molar-refractivity contribution in [3.05, 3.63) is 25.3 Å². The van der Waals surface area contributed by atoms with Gasteiger partial charge < -0.3 is 65.5 Å². The minimum absolute atomic E-state index is 0.0280. The lowest BCUT2D eigenvalue weighted by Gasteiger charge is -2.34. The highest BCUT2D eigenvalue weighted by Gasteiger charge is 2.47. The lowest BCUT2D eigenvalue weighted by atomic mass is 10.1. The van der Waals surface area contributed by atoms with E-state index in [0.29, 0.717) is 0 Å². The molecular formula is C20H25N10O19P4-3. The van der Waals surface area contributed by atoms with E-state index in [1.54, 1.807) is 0 Å². The summed E-state index contributed by atoms with van der Waals surface area (Å²) in [6, 6.07) is 0. The largest absolute Gasteiger partial charge is 0.756 e. The number of ether oxygens (including phenoxy) is 2. The van der Waals surface area contributed by atoms with Gasteiger partial charge in [-0.2, -0.15) is 0 Å². The Balaban J connectivity index is 1.01. The maximum Gasteiger partial charge on any atom is 0.478 e. The highest BCUT2D eigenvalue weighted by molar-refractivity contribution is 7.68. The Morgan fingerprint density at radius 1 is 0.642 bits per heavy atom. The molecule has 12 atom stereocenters. The van der Waals surface area contributed by atoms with E-state index in [0.717, 1.165) is 34.4 Å². The second-order valence-electron chi connectivity index (χ2n) is 10.9. The summed E-state index contributed by atoms with van der Waals surface area (Å²) >= 11 is 0. The van der Waals surface area contributed by atoms with Gasteiger partial charge in [-0.1, -0.05) is 0 Å². The highest BCUT2D eigenvalue weighted by Crippen LogP contribution is 2.67. The highest BCUT2D eigenvalue weighted by atomic mass is 31.3. The summed E-state index contributed by atoms with van der Waals surface area (Å²) < 4.78 is 81.8. The maximum absolute atomic E-state index is 12.3. The summed E-state index contributed by atoms with van der Waals surface area (Å²) in [5, 5.41) is 41.7. The molecule has 292 valence electrons. The zero-order chi connectivity index (χ0) is 38.7. The molecule has 12 unspecified atom stereocenters. The molecule has 4 aromatic rings. The lowest BCUT2D eigenvalue weighted by molar-refractivity contribution is -0.249. The molecule has 0 aliphatic carbocycles. The molecule has 6 rings (SSSR count). The van der Waals surface area contributed by atoms with Crippen molar-refractivity contribution in [3.8, 4) is 0 Å². The molecule has 0 bridgehead atoms. The topological polar surface area (TPSA) is 442 Å². The number of phosphoric acid groups is 4. The van der Waals surface area contributed by atoms with Crippen molar-refractivity contribution >= 4 is 65.3 Å². The van der Waals surface area contributed by atoms with Crippen molar-refractivity contribution in [1.82, 2.24) is 39.0 Å². The third-order valence-electron chi connectivity index (χ3n) is 7.40.